The van der Waals surface area contributed by atoms with E-state index in [2.05, 4.69) is 0 Å². The van der Waals surface area contributed by atoms with Gasteiger partial charge >= 0.3 is 0 Å². The maximum atomic E-state index is 11.8. The molecular weight excluding hydrogens is 220 g/mol. The van der Waals surface area contributed by atoms with Gasteiger partial charge in [0.15, 0.2) is 5.57 Å². The highest BCUT2D eigenvalue weighted by molar-refractivity contribution is 5.96. The second-order valence-electron chi connectivity index (χ2n) is 4.09. The van der Waals surface area contributed by atoms with Crippen molar-refractivity contribution in [2.24, 2.45) is 5.84 Å². The number of nitrogens with zero attached hydrogens (tertiary/aromatic N) is 3. The Morgan fingerprint density at radius 1 is 1.35 bits per heavy atom. The summed E-state index contributed by atoms with van der Waals surface area (Å²) in [6, 6.07) is 1.67. The highest BCUT2D eigenvalue weighted by Gasteiger charge is 2.24. The zero-order chi connectivity index (χ0) is 12.8. The zero-order valence-corrected chi connectivity index (χ0v) is 10.0. The maximum Gasteiger partial charge on any atom is 0.296 e. The van der Waals surface area contributed by atoms with Crippen molar-refractivity contribution in [2.45, 2.75) is 32.6 Å². The first-order valence-corrected chi connectivity index (χ1v) is 5.72. The Balaban J connectivity index is 2.75. The summed E-state index contributed by atoms with van der Waals surface area (Å²) in [5.41, 5.74) is -0.309. The molecule has 0 spiro atoms. The first-order chi connectivity index (χ1) is 8.07. The van der Waals surface area contributed by atoms with Gasteiger partial charge in [0.1, 0.15) is 11.8 Å². The first-order valence-electron chi connectivity index (χ1n) is 5.72. The predicted octanol–water partition coefficient (Wildman–Crippen LogP) is 0.835. The Hall–Kier alpha value is -1.58. The van der Waals surface area contributed by atoms with Gasteiger partial charge in [-0.1, -0.05) is 12.8 Å². The Kier molecular flexibility index (Phi) is 4.94. The molecule has 17 heavy (non-hydrogen) atoms. The summed E-state index contributed by atoms with van der Waals surface area (Å²) >= 11 is 0. The number of carbonyl (C=O) groups is 1. The smallest absolute Gasteiger partial charge is 0.296 e. The van der Waals surface area contributed by atoms with Gasteiger partial charge in [0.2, 0.25) is 0 Å². The van der Waals surface area contributed by atoms with Crippen molar-refractivity contribution >= 4 is 5.91 Å². The molecule has 1 heterocycles. The lowest BCUT2D eigenvalue weighted by atomic mass is 10.2. The molecule has 0 aliphatic carbocycles. The lowest BCUT2D eigenvalue weighted by molar-refractivity contribution is -0.145. The van der Waals surface area contributed by atoms with Crippen LogP contribution < -0.4 is 5.84 Å². The van der Waals surface area contributed by atoms with Crippen molar-refractivity contribution in [1.82, 2.24) is 10.1 Å². The molecule has 6 heteroatoms. The van der Waals surface area contributed by atoms with Crippen LogP contribution in [0.4, 0.5) is 0 Å². The van der Waals surface area contributed by atoms with E-state index in [1.165, 1.54) is 6.92 Å². The summed E-state index contributed by atoms with van der Waals surface area (Å²) in [4.78, 5) is 11.8. The van der Waals surface area contributed by atoms with Gasteiger partial charge < -0.3 is 5.11 Å². The van der Waals surface area contributed by atoms with E-state index in [4.69, 9.17) is 11.1 Å². The minimum Gasteiger partial charge on any atom is -0.511 e. The lowest BCUT2D eigenvalue weighted by Crippen LogP contribution is -2.52. The largest absolute Gasteiger partial charge is 0.511 e. The van der Waals surface area contributed by atoms with Crippen LogP contribution in [0.2, 0.25) is 0 Å². The number of aliphatic hydroxyl groups is 1. The molecule has 0 aromatic heterocycles. The average molecular weight is 238 g/mol. The molecule has 1 rings (SSSR count). The average Bonchev–Trinajstić information content (AvgIpc) is 2.56. The van der Waals surface area contributed by atoms with Crippen LogP contribution in [-0.2, 0) is 4.79 Å². The molecule has 1 saturated heterocycles. The molecule has 0 saturated carbocycles. The maximum absolute atomic E-state index is 11.8. The normalized spacial score (nSPS) is 18.9. The summed E-state index contributed by atoms with van der Waals surface area (Å²) in [6.45, 7) is 2.70. The molecule has 0 aromatic carbocycles. The third-order valence-electron chi connectivity index (χ3n) is 2.78. The molecule has 1 aliphatic rings. The molecule has 0 unspecified atom stereocenters. The van der Waals surface area contributed by atoms with E-state index in [1.807, 2.05) is 0 Å². The van der Waals surface area contributed by atoms with Gasteiger partial charge in [-0.25, -0.2) is 16.0 Å². The third-order valence-corrected chi connectivity index (χ3v) is 2.78. The lowest BCUT2D eigenvalue weighted by Gasteiger charge is -2.29. The van der Waals surface area contributed by atoms with Crippen molar-refractivity contribution in [3.05, 3.63) is 11.3 Å². The quantitative estimate of drug-likeness (QED) is 0.186. The van der Waals surface area contributed by atoms with Gasteiger partial charge in [0.05, 0.1) is 0 Å². The number of hydrogen-bond donors (Lipinski definition) is 2. The number of nitrogens with two attached hydrogens (primary N) is 1. The van der Waals surface area contributed by atoms with Crippen molar-refractivity contribution in [3.63, 3.8) is 0 Å². The molecular formula is C11H18N4O2. The number of hydrogen-bond acceptors (Lipinski definition) is 5. The number of hydrazine groups is 2. The van der Waals surface area contributed by atoms with Crippen LogP contribution in [-0.4, -0.2) is 34.2 Å². The number of allylic oxidation sites excluding steroid dienone is 1. The fourth-order valence-electron chi connectivity index (χ4n) is 1.80. The van der Waals surface area contributed by atoms with E-state index in [-0.39, 0.29) is 11.3 Å². The van der Waals surface area contributed by atoms with Crippen LogP contribution in [0.25, 0.3) is 0 Å². The minimum atomic E-state index is -0.658. The minimum absolute atomic E-state index is 0.303. The van der Waals surface area contributed by atoms with Gasteiger partial charge in [-0.2, -0.15) is 5.26 Å². The van der Waals surface area contributed by atoms with E-state index < -0.39 is 5.91 Å². The standard InChI is InChI=1S/C11H18N4O2/c1-9(16)10(8-12)11(17)15(13)14-6-4-2-3-5-7-14/h16H,2-7,13H2,1H3/b10-9-. The second-order valence-corrected chi connectivity index (χ2v) is 4.09. The summed E-state index contributed by atoms with van der Waals surface area (Å²) < 4.78 is 0. The number of amides is 1. The fourth-order valence-corrected chi connectivity index (χ4v) is 1.80. The monoisotopic (exact) mass is 238 g/mol. The molecule has 94 valence electrons. The Morgan fingerprint density at radius 2 is 1.88 bits per heavy atom. The molecule has 6 nitrogen and oxygen atoms in total. The third kappa shape index (κ3) is 3.44. The molecule has 0 atom stereocenters. The van der Waals surface area contributed by atoms with E-state index in [0.717, 1.165) is 30.8 Å². The van der Waals surface area contributed by atoms with Crippen molar-refractivity contribution in [2.75, 3.05) is 13.1 Å². The molecule has 3 N–H and O–H groups in total. The Bertz CT molecular complexity index is 347. The SMILES string of the molecule is C/C(O)=C(\C#N)C(=O)N(N)N1CCCCCC1. The van der Waals surface area contributed by atoms with Gasteiger partial charge in [0.25, 0.3) is 5.91 Å². The highest BCUT2D eigenvalue weighted by Crippen LogP contribution is 2.12. The van der Waals surface area contributed by atoms with Crippen LogP contribution in [0.15, 0.2) is 11.3 Å². The van der Waals surface area contributed by atoms with E-state index in [1.54, 1.807) is 11.1 Å². The molecule has 1 amide bonds. The number of carbonyl (C=O) groups excluding carboxylic acids is 1. The van der Waals surface area contributed by atoms with Gasteiger partial charge in [0, 0.05) is 13.1 Å². The van der Waals surface area contributed by atoms with Crippen LogP contribution >= 0.6 is 0 Å². The summed E-state index contributed by atoms with van der Waals surface area (Å²) in [6.07, 6.45) is 4.20. The summed E-state index contributed by atoms with van der Waals surface area (Å²) in [5.74, 6) is 4.73. The van der Waals surface area contributed by atoms with E-state index in [0.29, 0.717) is 13.1 Å². The highest BCUT2D eigenvalue weighted by atomic mass is 16.3. The summed E-state index contributed by atoms with van der Waals surface area (Å²) in [7, 11) is 0. The molecule has 0 radical (unpaired) electrons. The summed E-state index contributed by atoms with van der Waals surface area (Å²) in [5, 5.41) is 20.7. The van der Waals surface area contributed by atoms with Gasteiger partial charge in [-0.3, -0.25) is 4.79 Å². The Labute approximate surface area is 101 Å². The van der Waals surface area contributed by atoms with Gasteiger partial charge in [-0.05, 0) is 19.8 Å². The molecule has 1 aliphatic heterocycles. The topological polar surface area (TPSA) is 93.6 Å². The van der Waals surface area contributed by atoms with Crippen LogP contribution in [0.1, 0.15) is 32.6 Å². The number of rotatable bonds is 2. The first kappa shape index (κ1) is 13.5. The molecule has 0 aromatic rings. The fraction of sp³-hybridized carbons (Fsp3) is 0.636. The Morgan fingerprint density at radius 3 is 2.29 bits per heavy atom. The van der Waals surface area contributed by atoms with E-state index >= 15 is 0 Å². The van der Waals surface area contributed by atoms with Crippen molar-refractivity contribution in [1.29, 1.82) is 5.26 Å². The zero-order valence-electron chi connectivity index (χ0n) is 10.0. The predicted molar refractivity (Wildman–Crippen MR) is 62.0 cm³/mol. The van der Waals surface area contributed by atoms with Crippen molar-refractivity contribution < 1.29 is 9.90 Å². The van der Waals surface area contributed by atoms with Crippen LogP contribution in [0.5, 0.6) is 0 Å². The molecule has 1 fully saturated rings. The molecule has 0 bridgehead atoms. The second kappa shape index (κ2) is 6.23. The van der Waals surface area contributed by atoms with Crippen LogP contribution in [0.3, 0.4) is 0 Å². The number of aliphatic hydroxyl groups excluding tert-OH is 1. The van der Waals surface area contributed by atoms with Crippen LogP contribution in [0, 0.1) is 11.3 Å². The van der Waals surface area contributed by atoms with Crippen molar-refractivity contribution in [3.8, 4) is 6.07 Å². The van der Waals surface area contributed by atoms with E-state index in [9.17, 15) is 9.90 Å². The number of nitriles is 1. The van der Waals surface area contributed by atoms with Gasteiger partial charge in [-0.15, -0.1) is 0 Å².